The van der Waals surface area contributed by atoms with Crippen LogP contribution in [0.5, 0.6) is 23.0 Å². The molecule has 8 rings (SSSR count). The van der Waals surface area contributed by atoms with Crippen molar-refractivity contribution in [1.82, 2.24) is 18.3 Å². The van der Waals surface area contributed by atoms with Crippen molar-refractivity contribution >= 4 is 56.1 Å². The Balaban J connectivity index is 0. The summed E-state index contributed by atoms with van der Waals surface area (Å²) in [5.74, 6) is -0.594. The van der Waals surface area contributed by atoms with Gasteiger partial charge in [0.25, 0.3) is 0 Å². The third-order valence-corrected chi connectivity index (χ3v) is 9.84. The molecule has 0 saturated carbocycles. The molecule has 0 fully saturated rings. The summed E-state index contributed by atoms with van der Waals surface area (Å²) in [6, 6.07) is 19.9. The topological polar surface area (TPSA) is 258 Å². The van der Waals surface area contributed by atoms with Gasteiger partial charge in [-0.25, -0.2) is 36.5 Å². The molecule has 20 nitrogen and oxygen atoms in total. The summed E-state index contributed by atoms with van der Waals surface area (Å²) in [6.07, 6.45) is 28.0. The quantitative estimate of drug-likeness (QED) is 0.0173. The van der Waals surface area contributed by atoms with E-state index in [1.165, 1.54) is 24.3 Å². The van der Waals surface area contributed by atoms with Gasteiger partial charge in [-0.1, -0.05) is 92.2 Å². The number of halogens is 24. The Morgan fingerprint density at radius 2 is 0.459 bits per heavy atom. The normalized spacial score (nSPS) is 14.3. The molecule has 50 heteroatoms. The van der Waals surface area contributed by atoms with E-state index in [9.17, 15) is 121 Å². The zero-order valence-corrected chi connectivity index (χ0v) is 54.7. The Morgan fingerprint density at radius 1 is 0.316 bits per heavy atom. The molecule has 2 radical (unpaired) electrons. The van der Waals surface area contributed by atoms with Crippen molar-refractivity contribution in [3.05, 3.63) is 192 Å². The van der Waals surface area contributed by atoms with Gasteiger partial charge in [-0.05, 0) is 68.8 Å². The van der Waals surface area contributed by atoms with Crippen LogP contribution in [-0.4, -0.2) is 64.0 Å². The molecule has 0 saturated heterocycles. The van der Waals surface area contributed by atoms with Crippen molar-refractivity contribution in [2.45, 2.75) is 26.2 Å². The first-order valence-corrected chi connectivity index (χ1v) is 32.9. The molecule has 0 bridgehead atoms. The number of aromatic nitrogens is 8. The zero-order valence-electron chi connectivity index (χ0n) is 49.2. The maximum absolute atomic E-state index is 11.4. The number of hydrogen-bond donors (Lipinski definition) is 4. The molecule has 0 amide bonds. The molecule has 562 valence electrons. The average Bonchev–Trinajstić information content (AvgIpc) is 0.896. The molecular formula is C48H52Cu2F24N12O8P4. The second-order valence-corrected chi connectivity index (χ2v) is 27.0. The van der Waals surface area contributed by atoms with Gasteiger partial charge in [-0.3, -0.25) is 0 Å². The van der Waals surface area contributed by atoms with E-state index in [-0.39, 0.29) is 57.1 Å². The Hall–Kier alpha value is -8.12. The second-order valence-electron chi connectivity index (χ2n) is 19.3. The summed E-state index contributed by atoms with van der Waals surface area (Å²) < 4.78 is 253. The Bertz CT molecular complexity index is 3460. The van der Waals surface area contributed by atoms with Crippen LogP contribution in [0.15, 0.2) is 168 Å². The SMILES string of the molecule is C[n+]1ccn(Cc2ccc([O-])c(/C=N/O)c2)c1.C[n+]1ccn(Cc2ccc([O-])c(/C=N/O)c2)c1.C[n+]1ccn(Cc2ccc([O-])c(/C=N/O)c2)c1.C[n+]1ccn(Cc2ccc([O-])c(/C=N/O)c2)c1.F[P-](F)(F)(F)(F)F.F[P-](F)(F)(F)(F)F.F[P-](F)(F)(F)(F)F.F[P-](F)(F)(F)(F)F.[Cu+2].[Cu+2]. The molecule has 0 unspecified atom stereocenters. The van der Waals surface area contributed by atoms with Crippen molar-refractivity contribution < 1.29 is 194 Å². The van der Waals surface area contributed by atoms with E-state index < -0.39 is 31.2 Å². The van der Waals surface area contributed by atoms with E-state index in [0.717, 1.165) is 47.1 Å². The van der Waals surface area contributed by atoms with E-state index in [1.807, 2.05) is 140 Å². The van der Waals surface area contributed by atoms with Crippen LogP contribution in [0.25, 0.3) is 0 Å². The van der Waals surface area contributed by atoms with Crippen LogP contribution in [0.4, 0.5) is 101 Å². The molecule has 0 aliphatic carbocycles. The first kappa shape index (κ1) is 91.9. The van der Waals surface area contributed by atoms with Gasteiger partial charge in [0.05, 0.1) is 53.0 Å². The van der Waals surface area contributed by atoms with Gasteiger partial charge in [0.15, 0.2) is 0 Å². The van der Waals surface area contributed by atoms with E-state index in [0.29, 0.717) is 48.4 Å². The molecule has 4 aromatic carbocycles. The fourth-order valence-corrected chi connectivity index (χ4v) is 6.66. The minimum atomic E-state index is -10.7. The predicted molar refractivity (Wildman–Crippen MR) is 294 cm³/mol. The summed E-state index contributed by atoms with van der Waals surface area (Å²) in [6.45, 7) is 2.70. The van der Waals surface area contributed by atoms with E-state index in [4.69, 9.17) is 20.8 Å². The maximum Gasteiger partial charge on any atom is 2.00 e. The number of nitrogens with zero attached hydrogens (tertiary/aromatic N) is 12. The van der Waals surface area contributed by atoms with Crippen LogP contribution in [0, 0.1) is 0 Å². The molecule has 0 atom stereocenters. The van der Waals surface area contributed by atoms with Crippen LogP contribution in [0.2, 0.25) is 0 Å². The minimum absolute atomic E-state index is 0. The first-order chi connectivity index (χ1) is 42.5. The number of benzene rings is 4. The summed E-state index contributed by atoms with van der Waals surface area (Å²) in [7, 11) is -34.8. The zero-order chi connectivity index (χ0) is 74.6. The van der Waals surface area contributed by atoms with Crippen LogP contribution in [0.3, 0.4) is 0 Å². The van der Waals surface area contributed by atoms with Gasteiger partial charge >= 0.3 is 166 Å². The number of imidazole rings is 4. The van der Waals surface area contributed by atoms with E-state index >= 15 is 0 Å². The molecule has 4 aromatic heterocycles. The largest absolute Gasteiger partial charge is 2.00 e. The van der Waals surface area contributed by atoms with Gasteiger partial charge in [0, 0.05) is 0 Å². The first-order valence-electron chi connectivity index (χ1n) is 24.7. The summed E-state index contributed by atoms with van der Waals surface area (Å²) in [5.41, 5.74) is 5.49. The second kappa shape index (κ2) is 31.4. The average molecular weight is 1630 g/mol. The van der Waals surface area contributed by atoms with Crippen molar-refractivity contribution in [3.63, 3.8) is 0 Å². The number of rotatable bonds is 12. The molecule has 0 aliphatic rings. The van der Waals surface area contributed by atoms with Gasteiger partial charge in [0.1, 0.15) is 75.8 Å². The van der Waals surface area contributed by atoms with Gasteiger partial charge < -0.3 is 41.3 Å². The molecule has 4 heterocycles. The fourth-order valence-electron chi connectivity index (χ4n) is 6.66. The number of oxime groups is 4. The van der Waals surface area contributed by atoms with Crippen LogP contribution < -0.4 is 38.7 Å². The fraction of sp³-hybridized carbons (Fsp3) is 0.167. The third-order valence-electron chi connectivity index (χ3n) is 9.84. The van der Waals surface area contributed by atoms with Crippen LogP contribution >= 0.6 is 31.2 Å². The van der Waals surface area contributed by atoms with Gasteiger partial charge in [-0.2, -0.15) is 0 Å². The van der Waals surface area contributed by atoms with E-state index in [1.54, 1.807) is 48.5 Å². The molecule has 98 heavy (non-hydrogen) atoms. The Kier molecular flexibility index (Phi) is 29.4. The van der Waals surface area contributed by atoms with Crippen molar-refractivity contribution in [2.75, 3.05) is 0 Å². The Morgan fingerprint density at radius 3 is 0.571 bits per heavy atom. The number of aryl methyl sites for hydroxylation is 4. The molecule has 0 spiro atoms. The molecule has 4 N–H and O–H groups in total. The smallest absolute Gasteiger partial charge is 2.00 e. The summed E-state index contributed by atoms with van der Waals surface area (Å²) in [4.78, 5) is 0. The van der Waals surface area contributed by atoms with E-state index in [2.05, 4.69) is 20.6 Å². The van der Waals surface area contributed by atoms with Gasteiger partial charge in [-0.15, -0.1) is 0 Å². The van der Waals surface area contributed by atoms with Gasteiger partial charge in [0.2, 0.25) is 25.3 Å². The van der Waals surface area contributed by atoms with Crippen molar-refractivity contribution in [1.29, 1.82) is 0 Å². The maximum atomic E-state index is 11.4. The minimum Gasteiger partial charge on any atom is 2.00 e. The summed E-state index contributed by atoms with van der Waals surface area (Å²) in [5, 5.41) is 91.0. The van der Waals surface area contributed by atoms with Crippen LogP contribution in [-0.2, 0) is 88.5 Å². The third kappa shape index (κ3) is 57.0. The monoisotopic (exact) mass is 1630 g/mol. The van der Waals surface area contributed by atoms with Crippen molar-refractivity contribution in [2.24, 2.45) is 48.8 Å². The summed E-state index contributed by atoms with van der Waals surface area (Å²) >= 11 is 0. The molecule has 8 aromatic rings. The predicted octanol–water partition coefficient (Wildman–Crippen LogP) is 14.5. The number of hydrogen-bond acceptors (Lipinski definition) is 12. The molecule has 0 aliphatic heterocycles. The van der Waals surface area contributed by atoms with Crippen LogP contribution in [0.1, 0.15) is 44.5 Å². The Labute approximate surface area is 557 Å². The standard InChI is InChI=1S/4C12H13N3O2.2Cu.4F6P/c4*1-14-4-5-15(9-14)8-10-2-3-12(16)11(6-10)7-13-17;;;4*1-7(2,3,4,5)6/h4*2-7,9H,8H2,1H3,(H-,13,16,17);;;;;;/q;;;;2*+2;4*-1. The van der Waals surface area contributed by atoms with Crippen molar-refractivity contribution in [3.8, 4) is 23.0 Å². The molecular weight excluding hydrogens is 1580 g/mol.